The van der Waals surface area contributed by atoms with Gasteiger partial charge in [-0.3, -0.25) is 4.79 Å². The first-order valence-electron chi connectivity index (χ1n) is 12.0. The van der Waals surface area contributed by atoms with Crippen LogP contribution in [-0.2, 0) is 27.5 Å². The molecule has 6 heteroatoms. The number of aryl methyl sites for hydroxylation is 1. The Balaban J connectivity index is 1.37. The van der Waals surface area contributed by atoms with Crippen molar-refractivity contribution in [2.75, 3.05) is 7.11 Å². The third kappa shape index (κ3) is 5.49. The molecule has 0 aromatic heterocycles. The summed E-state index contributed by atoms with van der Waals surface area (Å²) >= 11 is 0. The monoisotopic (exact) mass is 476 g/mol. The van der Waals surface area contributed by atoms with Gasteiger partial charge in [0.1, 0.15) is 12.4 Å². The molecule has 35 heavy (non-hydrogen) atoms. The molecule has 0 atom stereocenters. The second kappa shape index (κ2) is 10.5. The fourth-order valence-electron chi connectivity index (χ4n) is 4.81. The lowest BCUT2D eigenvalue weighted by Crippen LogP contribution is -2.37. The van der Waals surface area contributed by atoms with E-state index in [-0.39, 0.29) is 30.9 Å². The predicted molar refractivity (Wildman–Crippen MR) is 134 cm³/mol. The molecule has 1 aliphatic carbocycles. The standard InChI is InChI=1S/C29H32O6/c1-19-15-22(17-33-3)25(27(30)31)16-26(19)35-23-11-13-29(2,14-12-23)28(32)34-18-21-9-6-8-20-7-4-5-10-24(20)21/h4-10,15-16,23H,11-14,17-18H2,1-3H3,(H,30,31). The summed E-state index contributed by atoms with van der Waals surface area (Å²) in [4.78, 5) is 24.7. The van der Waals surface area contributed by atoms with Crippen molar-refractivity contribution in [3.8, 4) is 5.75 Å². The molecule has 1 fully saturated rings. The fourth-order valence-corrected chi connectivity index (χ4v) is 4.81. The molecule has 4 rings (SSSR count). The maximum Gasteiger partial charge on any atom is 0.336 e. The zero-order valence-electron chi connectivity index (χ0n) is 20.5. The van der Waals surface area contributed by atoms with Crippen molar-refractivity contribution in [2.24, 2.45) is 5.41 Å². The van der Waals surface area contributed by atoms with Crippen LogP contribution in [0.2, 0.25) is 0 Å². The minimum absolute atomic E-state index is 0.0810. The normalized spacial score (nSPS) is 19.9. The Labute approximate surface area is 205 Å². The van der Waals surface area contributed by atoms with Crippen molar-refractivity contribution in [1.82, 2.24) is 0 Å². The van der Waals surface area contributed by atoms with Gasteiger partial charge in [0.2, 0.25) is 0 Å². The number of carbonyl (C=O) groups is 2. The topological polar surface area (TPSA) is 82.1 Å². The molecule has 1 saturated carbocycles. The number of fused-ring (bicyclic) bond motifs is 1. The van der Waals surface area contributed by atoms with E-state index in [4.69, 9.17) is 14.2 Å². The summed E-state index contributed by atoms with van der Waals surface area (Å²) in [6, 6.07) is 17.5. The summed E-state index contributed by atoms with van der Waals surface area (Å²) in [5.41, 5.74) is 2.11. The number of esters is 1. The summed E-state index contributed by atoms with van der Waals surface area (Å²) in [5.74, 6) is -0.626. The molecule has 1 aliphatic rings. The molecule has 0 saturated heterocycles. The van der Waals surface area contributed by atoms with Gasteiger partial charge in [0.25, 0.3) is 0 Å². The van der Waals surface area contributed by atoms with E-state index in [0.717, 1.165) is 21.9 Å². The van der Waals surface area contributed by atoms with Crippen molar-refractivity contribution >= 4 is 22.7 Å². The highest BCUT2D eigenvalue weighted by Gasteiger charge is 2.39. The van der Waals surface area contributed by atoms with Gasteiger partial charge in [-0.15, -0.1) is 0 Å². The van der Waals surface area contributed by atoms with Crippen LogP contribution in [0, 0.1) is 12.3 Å². The van der Waals surface area contributed by atoms with E-state index in [2.05, 4.69) is 12.1 Å². The van der Waals surface area contributed by atoms with Crippen LogP contribution >= 0.6 is 0 Å². The number of carboxylic acids is 1. The predicted octanol–water partition coefficient (Wildman–Crippen LogP) is 6.06. The number of benzene rings is 3. The van der Waals surface area contributed by atoms with Crippen LogP contribution in [0.5, 0.6) is 5.75 Å². The molecule has 0 amide bonds. The molecule has 0 bridgehead atoms. The van der Waals surface area contributed by atoms with E-state index in [1.54, 1.807) is 12.1 Å². The lowest BCUT2D eigenvalue weighted by molar-refractivity contribution is -0.159. The molecular formula is C29H32O6. The molecule has 3 aromatic carbocycles. The molecule has 0 aliphatic heterocycles. The molecule has 0 heterocycles. The number of methoxy groups -OCH3 is 1. The van der Waals surface area contributed by atoms with Gasteiger partial charge >= 0.3 is 11.9 Å². The van der Waals surface area contributed by atoms with Crippen molar-refractivity contribution < 1.29 is 28.9 Å². The number of rotatable bonds is 8. The van der Waals surface area contributed by atoms with Gasteiger partial charge in [0, 0.05) is 7.11 Å². The Hall–Kier alpha value is -3.38. The average Bonchev–Trinajstić information content (AvgIpc) is 2.85. The summed E-state index contributed by atoms with van der Waals surface area (Å²) in [6.45, 7) is 4.34. The van der Waals surface area contributed by atoms with E-state index >= 15 is 0 Å². The van der Waals surface area contributed by atoms with Gasteiger partial charge in [-0.1, -0.05) is 42.5 Å². The Morgan fingerprint density at radius 2 is 1.71 bits per heavy atom. The number of ether oxygens (including phenoxy) is 3. The first-order valence-corrected chi connectivity index (χ1v) is 12.0. The van der Waals surface area contributed by atoms with Crippen molar-refractivity contribution in [3.05, 3.63) is 76.9 Å². The lowest BCUT2D eigenvalue weighted by Gasteiger charge is -2.35. The number of carboxylic acid groups (broad SMARTS) is 1. The zero-order valence-corrected chi connectivity index (χ0v) is 20.5. The van der Waals surface area contributed by atoms with Crippen LogP contribution in [-0.4, -0.2) is 30.3 Å². The van der Waals surface area contributed by atoms with E-state index in [0.29, 0.717) is 37.0 Å². The third-order valence-electron chi connectivity index (χ3n) is 6.99. The van der Waals surface area contributed by atoms with Crippen LogP contribution in [0.4, 0.5) is 0 Å². The summed E-state index contributed by atoms with van der Waals surface area (Å²) in [5, 5.41) is 11.8. The SMILES string of the molecule is COCc1cc(C)c(OC2CCC(C)(C(=O)OCc3cccc4ccccc34)CC2)cc1C(=O)O. The van der Waals surface area contributed by atoms with Crippen LogP contribution in [0.1, 0.15) is 59.7 Å². The van der Waals surface area contributed by atoms with Gasteiger partial charge in [0.05, 0.1) is 23.7 Å². The second-order valence-electron chi connectivity index (χ2n) is 9.61. The maximum atomic E-state index is 13.0. The smallest absolute Gasteiger partial charge is 0.336 e. The van der Waals surface area contributed by atoms with Gasteiger partial charge < -0.3 is 19.3 Å². The van der Waals surface area contributed by atoms with Gasteiger partial charge in [-0.25, -0.2) is 4.79 Å². The first kappa shape index (κ1) is 24.7. The number of hydrogen-bond donors (Lipinski definition) is 1. The number of hydrogen-bond acceptors (Lipinski definition) is 5. The van der Waals surface area contributed by atoms with E-state index in [1.807, 2.05) is 44.2 Å². The highest BCUT2D eigenvalue weighted by Crippen LogP contribution is 2.39. The minimum atomic E-state index is -1.01. The summed E-state index contributed by atoms with van der Waals surface area (Å²) in [7, 11) is 1.54. The molecule has 184 valence electrons. The highest BCUT2D eigenvalue weighted by atomic mass is 16.5. The van der Waals surface area contributed by atoms with Crippen molar-refractivity contribution in [1.29, 1.82) is 0 Å². The zero-order chi connectivity index (χ0) is 25.0. The van der Waals surface area contributed by atoms with E-state index < -0.39 is 11.4 Å². The van der Waals surface area contributed by atoms with E-state index in [9.17, 15) is 14.7 Å². The molecule has 0 spiro atoms. The molecular weight excluding hydrogens is 444 g/mol. The largest absolute Gasteiger partial charge is 0.490 e. The Kier molecular flexibility index (Phi) is 7.41. The fraction of sp³-hybridized carbons (Fsp3) is 0.379. The quantitative estimate of drug-likeness (QED) is 0.398. The van der Waals surface area contributed by atoms with Crippen molar-refractivity contribution in [3.63, 3.8) is 0 Å². The molecule has 0 radical (unpaired) electrons. The van der Waals surface area contributed by atoms with Gasteiger partial charge in [-0.05, 0) is 79.1 Å². The molecule has 0 unspecified atom stereocenters. The average molecular weight is 477 g/mol. The van der Waals surface area contributed by atoms with Crippen LogP contribution in [0.3, 0.4) is 0 Å². The Morgan fingerprint density at radius 3 is 2.43 bits per heavy atom. The summed E-state index contributed by atoms with van der Waals surface area (Å²) in [6.07, 6.45) is 2.61. The number of carbonyl (C=O) groups excluding carboxylic acids is 1. The third-order valence-corrected chi connectivity index (χ3v) is 6.99. The first-order chi connectivity index (χ1) is 16.8. The van der Waals surface area contributed by atoms with Crippen LogP contribution in [0.25, 0.3) is 10.8 Å². The minimum Gasteiger partial charge on any atom is -0.490 e. The molecule has 1 N–H and O–H groups in total. The van der Waals surface area contributed by atoms with Gasteiger partial charge in [0.15, 0.2) is 0 Å². The Bertz CT molecular complexity index is 1220. The van der Waals surface area contributed by atoms with Gasteiger partial charge in [-0.2, -0.15) is 0 Å². The lowest BCUT2D eigenvalue weighted by atomic mass is 9.74. The Morgan fingerprint density at radius 1 is 1.00 bits per heavy atom. The van der Waals surface area contributed by atoms with Crippen molar-refractivity contribution in [2.45, 2.75) is 58.8 Å². The van der Waals surface area contributed by atoms with E-state index in [1.165, 1.54) is 7.11 Å². The highest BCUT2D eigenvalue weighted by molar-refractivity contribution is 5.90. The maximum absolute atomic E-state index is 13.0. The second-order valence-corrected chi connectivity index (χ2v) is 9.61. The molecule has 6 nitrogen and oxygen atoms in total. The number of aromatic carboxylic acids is 1. The van der Waals surface area contributed by atoms with Crippen LogP contribution < -0.4 is 4.74 Å². The summed E-state index contributed by atoms with van der Waals surface area (Å²) < 4.78 is 17.1. The molecule has 3 aromatic rings. The van der Waals surface area contributed by atoms with Crippen LogP contribution in [0.15, 0.2) is 54.6 Å².